The average Bonchev–Trinajstić information content (AvgIpc) is 2.99. The molecule has 82 valence electrons. The Morgan fingerprint density at radius 2 is 2.00 bits per heavy atom. The van der Waals surface area contributed by atoms with Crippen molar-refractivity contribution in [2.45, 2.75) is 38.4 Å². The van der Waals surface area contributed by atoms with Crippen LogP contribution < -0.4 is 4.74 Å². The van der Waals surface area contributed by atoms with Gasteiger partial charge in [-0.1, -0.05) is 31.5 Å². The molecule has 0 N–H and O–H groups in total. The minimum absolute atomic E-state index is 0.282. The summed E-state index contributed by atoms with van der Waals surface area (Å²) < 4.78 is 11.4. The molecule has 0 amide bonds. The minimum atomic E-state index is 0.282. The molecule has 2 nitrogen and oxygen atoms in total. The standard InChI is InChI=1S/C13H18O2/c1-2-3-9-14-12-10-13(12)15-11-7-5-4-6-8-11/h4-8,12-13H,2-3,9-10H2,1H3/t12-,13+/m0/s1. The molecule has 1 aliphatic rings. The normalized spacial score (nSPS) is 23.8. The van der Waals surface area contributed by atoms with Crippen LogP contribution in [0.2, 0.25) is 0 Å². The lowest BCUT2D eigenvalue weighted by atomic mass is 10.3. The van der Waals surface area contributed by atoms with Gasteiger partial charge in [0, 0.05) is 13.0 Å². The van der Waals surface area contributed by atoms with Gasteiger partial charge in [0.15, 0.2) is 0 Å². The van der Waals surface area contributed by atoms with Crippen molar-refractivity contribution in [3.8, 4) is 5.75 Å². The lowest BCUT2D eigenvalue weighted by molar-refractivity contribution is 0.0870. The lowest BCUT2D eigenvalue weighted by Gasteiger charge is -2.05. The predicted octanol–water partition coefficient (Wildman–Crippen LogP) is 3.02. The van der Waals surface area contributed by atoms with Gasteiger partial charge in [-0.3, -0.25) is 0 Å². The van der Waals surface area contributed by atoms with E-state index in [1.54, 1.807) is 0 Å². The second kappa shape index (κ2) is 5.17. The van der Waals surface area contributed by atoms with E-state index in [1.165, 1.54) is 6.42 Å². The summed E-state index contributed by atoms with van der Waals surface area (Å²) in [5.74, 6) is 0.948. The van der Waals surface area contributed by atoms with Crippen LogP contribution in [0.5, 0.6) is 5.75 Å². The monoisotopic (exact) mass is 206 g/mol. The first kappa shape index (κ1) is 10.5. The molecule has 15 heavy (non-hydrogen) atoms. The van der Waals surface area contributed by atoms with E-state index in [0.717, 1.165) is 25.2 Å². The Hall–Kier alpha value is -1.02. The zero-order valence-corrected chi connectivity index (χ0v) is 9.19. The molecule has 1 fully saturated rings. The molecule has 0 spiro atoms. The molecular formula is C13H18O2. The van der Waals surface area contributed by atoms with Crippen molar-refractivity contribution < 1.29 is 9.47 Å². The number of unbranched alkanes of at least 4 members (excludes halogenated alkanes) is 1. The molecule has 0 aromatic heterocycles. The van der Waals surface area contributed by atoms with Crippen LogP contribution >= 0.6 is 0 Å². The summed E-state index contributed by atoms with van der Waals surface area (Å²) in [5, 5.41) is 0. The second-order valence-corrected chi connectivity index (χ2v) is 3.97. The number of rotatable bonds is 6. The molecular weight excluding hydrogens is 188 g/mol. The predicted molar refractivity (Wildman–Crippen MR) is 60.1 cm³/mol. The van der Waals surface area contributed by atoms with Crippen LogP contribution in [0.15, 0.2) is 30.3 Å². The summed E-state index contributed by atoms with van der Waals surface area (Å²) in [5.41, 5.74) is 0. The maximum Gasteiger partial charge on any atom is 0.127 e. The molecule has 0 saturated heterocycles. The summed E-state index contributed by atoms with van der Waals surface area (Å²) >= 11 is 0. The lowest BCUT2D eigenvalue weighted by Crippen LogP contribution is -2.07. The number of para-hydroxylation sites is 1. The van der Waals surface area contributed by atoms with Crippen LogP contribution in [0.3, 0.4) is 0 Å². The highest BCUT2D eigenvalue weighted by Gasteiger charge is 2.40. The summed E-state index contributed by atoms with van der Waals surface area (Å²) in [4.78, 5) is 0. The highest BCUT2D eigenvalue weighted by Crippen LogP contribution is 2.30. The first-order chi connectivity index (χ1) is 7.40. The molecule has 2 atom stereocenters. The first-order valence-corrected chi connectivity index (χ1v) is 5.73. The van der Waals surface area contributed by atoms with E-state index >= 15 is 0 Å². The number of hydrogen-bond acceptors (Lipinski definition) is 2. The maximum atomic E-state index is 5.74. The van der Waals surface area contributed by atoms with E-state index in [0.29, 0.717) is 6.10 Å². The van der Waals surface area contributed by atoms with E-state index in [9.17, 15) is 0 Å². The van der Waals surface area contributed by atoms with Crippen molar-refractivity contribution in [1.29, 1.82) is 0 Å². The summed E-state index contributed by atoms with van der Waals surface area (Å²) in [7, 11) is 0. The molecule has 2 rings (SSSR count). The Kier molecular flexibility index (Phi) is 3.62. The first-order valence-electron chi connectivity index (χ1n) is 5.73. The number of ether oxygens (including phenoxy) is 2. The van der Waals surface area contributed by atoms with Crippen LogP contribution in [0, 0.1) is 0 Å². The van der Waals surface area contributed by atoms with Crippen LogP contribution in [-0.4, -0.2) is 18.8 Å². The quantitative estimate of drug-likeness (QED) is 0.666. The molecule has 0 bridgehead atoms. The van der Waals surface area contributed by atoms with Crippen LogP contribution in [-0.2, 0) is 4.74 Å². The molecule has 1 saturated carbocycles. The molecule has 0 radical (unpaired) electrons. The van der Waals surface area contributed by atoms with E-state index in [1.807, 2.05) is 30.3 Å². The van der Waals surface area contributed by atoms with Gasteiger partial charge >= 0.3 is 0 Å². The van der Waals surface area contributed by atoms with Gasteiger partial charge in [-0.05, 0) is 18.6 Å². The SMILES string of the molecule is CCCCO[C@H]1C[C@H]1Oc1ccccc1. The number of hydrogen-bond donors (Lipinski definition) is 0. The van der Waals surface area contributed by atoms with E-state index in [-0.39, 0.29) is 6.10 Å². The zero-order valence-electron chi connectivity index (χ0n) is 9.19. The molecule has 2 heteroatoms. The Balaban J connectivity index is 1.67. The average molecular weight is 206 g/mol. The van der Waals surface area contributed by atoms with Crippen molar-refractivity contribution in [3.63, 3.8) is 0 Å². The molecule has 1 aromatic rings. The van der Waals surface area contributed by atoms with Gasteiger partial charge in [0.25, 0.3) is 0 Å². The molecule has 0 aliphatic heterocycles. The molecule has 1 aliphatic carbocycles. The Labute approximate surface area is 91.2 Å². The van der Waals surface area contributed by atoms with Crippen LogP contribution in [0.4, 0.5) is 0 Å². The van der Waals surface area contributed by atoms with Gasteiger partial charge in [0.1, 0.15) is 11.9 Å². The van der Waals surface area contributed by atoms with Gasteiger partial charge in [-0.2, -0.15) is 0 Å². The van der Waals surface area contributed by atoms with Gasteiger partial charge in [0.05, 0.1) is 6.10 Å². The third-order valence-electron chi connectivity index (χ3n) is 2.54. The minimum Gasteiger partial charge on any atom is -0.488 e. The van der Waals surface area contributed by atoms with Gasteiger partial charge in [-0.25, -0.2) is 0 Å². The van der Waals surface area contributed by atoms with Gasteiger partial charge < -0.3 is 9.47 Å². The van der Waals surface area contributed by atoms with Crippen molar-refractivity contribution in [1.82, 2.24) is 0 Å². The van der Waals surface area contributed by atoms with Crippen molar-refractivity contribution >= 4 is 0 Å². The van der Waals surface area contributed by atoms with E-state index < -0.39 is 0 Å². The second-order valence-electron chi connectivity index (χ2n) is 3.97. The molecule has 0 heterocycles. The van der Waals surface area contributed by atoms with E-state index in [2.05, 4.69) is 6.92 Å². The fraction of sp³-hybridized carbons (Fsp3) is 0.538. The summed E-state index contributed by atoms with van der Waals surface area (Å²) in [6.07, 6.45) is 3.99. The van der Waals surface area contributed by atoms with Gasteiger partial charge in [-0.15, -0.1) is 0 Å². The largest absolute Gasteiger partial charge is 0.488 e. The Morgan fingerprint density at radius 3 is 2.73 bits per heavy atom. The third-order valence-corrected chi connectivity index (χ3v) is 2.54. The molecule has 0 unspecified atom stereocenters. The van der Waals surface area contributed by atoms with Crippen molar-refractivity contribution in [3.05, 3.63) is 30.3 Å². The van der Waals surface area contributed by atoms with E-state index in [4.69, 9.17) is 9.47 Å². The highest BCUT2D eigenvalue weighted by molar-refractivity contribution is 5.22. The highest BCUT2D eigenvalue weighted by atomic mass is 16.6. The fourth-order valence-electron chi connectivity index (χ4n) is 1.50. The number of benzene rings is 1. The molecule has 1 aromatic carbocycles. The smallest absolute Gasteiger partial charge is 0.127 e. The maximum absolute atomic E-state index is 5.74. The topological polar surface area (TPSA) is 18.5 Å². The Morgan fingerprint density at radius 1 is 1.20 bits per heavy atom. The van der Waals surface area contributed by atoms with Gasteiger partial charge in [0.2, 0.25) is 0 Å². The summed E-state index contributed by atoms with van der Waals surface area (Å²) in [6.45, 7) is 3.05. The fourth-order valence-corrected chi connectivity index (χ4v) is 1.50. The van der Waals surface area contributed by atoms with Crippen molar-refractivity contribution in [2.24, 2.45) is 0 Å². The van der Waals surface area contributed by atoms with Crippen LogP contribution in [0.25, 0.3) is 0 Å². The zero-order chi connectivity index (χ0) is 10.5. The Bertz CT molecular complexity index is 284. The van der Waals surface area contributed by atoms with Crippen LogP contribution in [0.1, 0.15) is 26.2 Å². The van der Waals surface area contributed by atoms with Crippen molar-refractivity contribution in [2.75, 3.05) is 6.61 Å². The summed E-state index contributed by atoms with van der Waals surface area (Å²) in [6, 6.07) is 9.95. The third kappa shape index (κ3) is 3.24.